The molecule has 1 aromatic carbocycles. The average Bonchev–Trinajstić information content (AvgIpc) is 2.02. The highest BCUT2D eigenvalue weighted by atomic mass is 16.5. The van der Waals surface area contributed by atoms with Crippen molar-refractivity contribution in [1.82, 2.24) is 0 Å². The van der Waals surface area contributed by atoms with E-state index in [1.807, 2.05) is 99.9 Å². The molecular weight excluding hydrogens is 1090 g/mol. The first-order valence-corrected chi connectivity index (χ1v) is 34.9. The molecule has 0 heterocycles. The Morgan fingerprint density at radius 3 is 1.08 bits per heavy atom. The van der Waals surface area contributed by atoms with Crippen molar-refractivity contribution in [3.05, 3.63) is 30.3 Å². The Kier molecular flexibility index (Phi) is 102. The molecule has 11 heteroatoms. The third-order valence-electron chi connectivity index (χ3n) is 14.1. The summed E-state index contributed by atoms with van der Waals surface area (Å²) in [5, 5.41) is 0. The fraction of sp³-hybridized carbons (Fsp3) is 0.921. The molecule has 3 fully saturated rings. The number of fused-ring (bicyclic) bond motifs is 2. The first kappa shape index (κ1) is 107. The summed E-state index contributed by atoms with van der Waals surface area (Å²) >= 11 is 0. The summed E-state index contributed by atoms with van der Waals surface area (Å²) in [4.78, 5) is 0. The minimum atomic E-state index is 0.451. The van der Waals surface area contributed by atoms with Crippen molar-refractivity contribution in [3.63, 3.8) is 0 Å². The molecule has 0 saturated heterocycles. The van der Waals surface area contributed by atoms with Gasteiger partial charge in [-0.15, -0.1) is 0 Å². The lowest BCUT2D eigenvalue weighted by Gasteiger charge is -2.38. The van der Waals surface area contributed by atoms with Crippen molar-refractivity contribution in [2.45, 2.75) is 276 Å². The molecule has 0 radical (unpaired) electrons. The lowest BCUT2D eigenvalue weighted by atomic mass is 9.70. The molecule has 1 aromatic rings. The van der Waals surface area contributed by atoms with Crippen LogP contribution in [0.5, 0.6) is 5.75 Å². The highest BCUT2D eigenvalue weighted by Gasteiger charge is 2.61. The van der Waals surface area contributed by atoms with Gasteiger partial charge in [-0.05, 0) is 128 Å². The van der Waals surface area contributed by atoms with Gasteiger partial charge in [0.1, 0.15) is 12.4 Å². The Bertz CT molecular complexity index is 1220. The van der Waals surface area contributed by atoms with Crippen LogP contribution >= 0.6 is 0 Å². The standard InChI is InChI=1S/C11H20O.C11H22O.C9H12O2.C7H16O.6C5H12O.4C2H6/c1-10(2)8-5-6-11(10,3)9(7-8)12-4;1-8(2)10-6-5-9(3)7-11(10)12-4;1-10-7-8-11-9-5-3-2-4-6-9;1-4-5-6-7(2)8-3;5*1-5(2)4-6-3;1-3-4-5-6-2;4*1-2/h8-9H,5-7H2,1-4H3;8-11H,5-7H2,1-4H3;2-6H,7-8H2,1H3;7H,4-6H2,1-3H3;5*5H,4H2,1-3H3;3-5H2,1-2H3;4*1-2H3. The van der Waals surface area contributed by atoms with E-state index in [1.54, 1.807) is 56.9 Å². The van der Waals surface area contributed by atoms with Gasteiger partial charge in [0, 0.05) is 111 Å². The van der Waals surface area contributed by atoms with Gasteiger partial charge in [-0.2, -0.15) is 0 Å². The maximum Gasteiger partial charge on any atom is 0.119 e. The number of methoxy groups -OCH3 is 10. The van der Waals surface area contributed by atoms with Gasteiger partial charge in [0.2, 0.25) is 0 Å². The summed E-state index contributed by atoms with van der Waals surface area (Å²) in [5.41, 5.74) is 0.958. The first-order valence-electron chi connectivity index (χ1n) is 34.9. The fourth-order valence-corrected chi connectivity index (χ4v) is 9.20. The van der Waals surface area contributed by atoms with Crippen LogP contribution in [0.2, 0.25) is 0 Å². The molecule has 4 rings (SSSR count). The van der Waals surface area contributed by atoms with E-state index >= 15 is 0 Å². The minimum absolute atomic E-state index is 0.451. The van der Waals surface area contributed by atoms with E-state index in [9.17, 15) is 0 Å². The van der Waals surface area contributed by atoms with Gasteiger partial charge in [-0.3, -0.25) is 0 Å². The van der Waals surface area contributed by atoms with Crippen LogP contribution < -0.4 is 4.74 Å². The average molecular weight is 1260 g/mol. The summed E-state index contributed by atoms with van der Waals surface area (Å²) < 4.78 is 55.1. The number of hydrogen-bond donors (Lipinski definition) is 0. The predicted molar refractivity (Wildman–Crippen MR) is 388 cm³/mol. The lowest BCUT2D eigenvalue weighted by molar-refractivity contribution is -0.0200. The second-order valence-corrected chi connectivity index (χ2v) is 24.9. The van der Waals surface area contributed by atoms with Crippen LogP contribution in [-0.2, 0) is 47.4 Å². The molecule has 0 aromatic heterocycles. The summed E-state index contributed by atoms with van der Waals surface area (Å²) in [5.74, 6) is 7.63. The Labute approximate surface area is 549 Å². The molecule has 7 atom stereocenters. The lowest BCUT2D eigenvalue weighted by Crippen LogP contribution is -2.36. The molecular formula is C76H166O11. The SMILES string of the molecule is CC.CC.CC.CC.CCCCC(C)OC.CCCCOC.COC1CC(C)CCC1C(C)C.COC1CC2CCC1(C)C2(C)C.COCC(C)C.COCC(C)C.COCC(C)C.COCC(C)C.COCC(C)C.COCCOc1ccccc1. The van der Waals surface area contributed by atoms with E-state index in [1.165, 1.54) is 70.6 Å². The number of benzene rings is 1. The van der Waals surface area contributed by atoms with Gasteiger partial charge in [0.25, 0.3) is 0 Å². The van der Waals surface area contributed by atoms with Crippen molar-refractivity contribution in [1.29, 1.82) is 0 Å². The molecule has 0 aliphatic heterocycles. The number of unbranched alkanes of at least 4 members (excludes halogenated alkanes) is 2. The highest BCUT2D eigenvalue weighted by Crippen LogP contribution is 2.66. The summed E-state index contributed by atoms with van der Waals surface area (Å²) in [6, 6.07) is 9.71. The minimum Gasteiger partial charge on any atom is -0.491 e. The van der Waals surface area contributed by atoms with E-state index in [2.05, 4.69) is 132 Å². The van der Waals surface area contributed by atoms with Crippen LogP contribution in [0.4, 0.5) is 0 Å². The number of ether oxygens (including phenoxy) is 11. The second-order valence-electron chi connectivity index (χ2n) is 24.9. The van der Waals surface area contributed by atoms with E-state index in [0.717, 1.165) is 69.1 Å². The number of para-hydroxylation sites is 1. The molecule has 0 spiro atoms. The molecule has 7 unspecified atom stereocenters. The fourth-order valence-electron chi connectivity index (χ4n) is 9.20. The summed E-state index contributed by atoms with van der Waals surface area (Å²) in [6.07, 6.45) is 15.8. The number of hydrogen-bond acceptors (Lipinski definition) is 11. The molecule has 0 N–H and O–H groups in total. The van der Waals surface area contributed by atoms with E-state index in [0.29, 0.717) is 71.9 Å². The maximum absolute atomic E-state index is 5.58. The van der Waals surface area contributed by atoms with Gasteiger partial charge in [0.15, 0.2) is 0 Å². The highest BCUT2D eigenvalue weighted by molar-refractivity contribution is 5.20. The molecule has 3 aliphatic rings. The van der Waals surface area contributed by atoms with Crippen molar-refractivity contribution >= 4 is 0 Å². The predicted octanol–water partition coefficient (Wildman–Crippen LogP) is 21.8. The Hall–Kier alpha value is -1.38. The zero-order valence-electron chi connectivity index (χ0n) is 66.2. The van der Waals surface area contributed by atoms with Gasteiger partial charge in [-0.1, -0.05) is 224 Å². The molecule has 87 heavy (non-hydrogen) atoms. The largest absolute Gasteiger partial charge is 0.491 e. The van der Waals surface area contributed by atoms with E-state index < -0.39 is 0 Å². The molecule has 11 nitrogen and oxygen atoms in total. The molecule has 536 valence electrons. The normalized spacial score (nSPS) is 18.9. The van der Waals surface area contributed by atoms with Gasteiger partial charge in [-0.25, -0.2) is 0 Å². The first-order chi connectivity index (χ1) is 41.2. The summed E-state index contributed by atoms with van der Waals surface area (Å²) in [7, 11) is 17.5. The van der Waals surface area contributed by atoms with Gasteiger partial charge >= 0.3 is 0 Å². The molecule has 0 amide bonds. The Morgan fingerprint density at radius 2 is 0.851 bits per heavy atom. The Morgan fingerprint density at radius 1 is 0.460 bits per heavy atom. The van der Waals surface area contributed by atoms with Crippen LogP contribution in [0.3, 0.4) is 0 Å². The van der Waals surface area contributed by atoms with Crippen LogP contribution in [0.15, 0.2) is 30.3 Å². The van der Waals surface area contributed by atoms with Crippen molar-refractivity contribution < 1.29 is 52.1 Å². The van der Waals surface area contributed by atoms with Crippen molar-refractivity contribution in [3.8, 4) is 5.75 Å². The maximum atomic E-state index is 5.58. The third-order valence-corrected chi connectivity index (χ3v) is 14.1. The zero-order chi connectivity index (χ0) is 70.3. The summed E-state index contributed by atoms with van der Waals surface area (Å²) in [6.45, 7) is 64.5. The van der Waals surface area contributed by atoms with Gasteiger partial charge < -0.3 is 52.1 Å². The zero-order valence-corrected chi connectivity index (χ0v) is 66.2. The van der Waals surface area contributed by atoms with Crippen LogP contribution in [0, 0.1) is 64.1 Å². The van der Waals surface area contributed by atoms with Crippen LogP contribution in [0.1, 0.15) is 258 Å². The van der Waals surface area contributed by atoms with Gasteiger partial charge in [0.05, 0.1) is 24.9 Å². The topological polar surface area (TPSA) is 102 Å². The van der Waals surface area contributed by atoms with Crippen LogP contribution in [-0.4, -0.2) is 142 Å². The smallest absolute Gasteiger partial charge is 0.119 e. The number of rotatable bonds is 24. The van der Waals surface area contributed by atoms with Crippen molar-refractivity contribution in [2.24, 2.45) is 64.1 Å². The third kappa shape index (κ3) is 75.2. The van der Waals surface area contributed by atoms with E-state index in [-0.39, 0.29) is 0 Å². The second kappa shape index (κ2) is 82.6. The molecule has 3 aliphatic carbocycles. The van der Waals surface area contributed by atoms with Crippen molar-refractivity contribution in [2.75, 3.05) is 124 Å². The monoisotopic (exact) mass is 1260 g/mol. The Balaban J connectivity index is -0.0000000947. The van der Waals surface area contributed by atoms with E-state index in [4.69, 9.17) is 52.1 Å². The quantitative estimate of drug-likeness (QED) is 0.0925. The molecule has 3 saturated carbocycles. The molecule has 2 bridgehead atoms. The van der Waals surface area contributed by atoms with Crippen LogP contribution in [0.25, 0.3) is 0 Å².